The standard InChI is InChI=1S/C8H8N4O3/c1-5-7(3-4-14-5)8-9-10-11-12(8)15-6(2)13/h3-4H,1-2H3. The molecule has 0 radical (unpaired) electrons. The van der Waals surface area contributed by atoms with E-state index >= 15 is 0 Å². The molecule has 2 aromatic rings. The van der Waals surface area contributed by atoms with Gasteiger partial charge in [-0.25, -0.2) is 4.79 Å². The average Bonchev–Trinajstić information content (AvgIpc) is 2.73. The van der Waals surface area contributed by atoms with Gasteiger partial charge in [0.25, 0.3) is 0 Å². The van der Waals surface area contributed by atoms with Crippen molar-refractivity contribution in [3.8, 4) is 11.4 Å². The second kappa shape index (κ2) is 3.52. The number of rotatable bonds is 2. The first kappa shape index (κ1) is 9.38. The Balaban J connectivity index is 2.41. The molecule has 0 aromatic carbocycles. The van der Waals surface area contributed by atoms with Crippen molar-refractivity contribution in [3.63, 3.8) is 0 Å². The number of furan rings is 1. The van der Waals surface area contributed by atoms with E-state index in [9.17, 15) is 4.79 Å². The molecule has 15 heavy (non-hydrogen) atoms. The predicted octanol–water partition coefficient (Wildman–Crippen LogP) is 0.217. The summed E-state index contributed by atoms with van der Waals surface area (Å²) >= 11 is 0. The van der Waals surface area contributed by atoms with E-state index in [1.54, 1.807) is 13.0 Å². The number of hydrogen-bond donors (Lipinski definition) is 0. The van der Waals surface area contributed by atoms with Crippen molar-refractivity contribution < 1.29 is 14.0 Å². The van der Waals surface area contributed by atoms with E-state index in [2.05, 4.69) is 15.5 Å². The summed E-state index contributed by atoms with van der Waals surface area (Å²) in [7, 11) is 0. The largest absolute Gasteiger partial charge is 0.469 e. The lowest BCUT2D eigenvalue weighted by Gasteiger charge is -2.00. The summed E-state index contributed by atoms with van der Waals surface area (Å²) in [5.74, 6) is 0.486. The first-order chi connectivity index (χ1) is 7.18. The van der Waals surface area contributed by atoms with Crippen LogP contribution in [0.2, 0.25) is 0 Å². The highest BCUT2D eigenvalue weighted by Crippen LogP contribution is 2.20. The fourth-order valence-electron chi connectivity index (χ4n) is 1.14. The van der Waals surface area contributed by atoms with E-state index in [4.69, 9.17) is 9.25 Å². The van der Waals surface area contributed by atoms with E-state index in [1.807, 2.05) is 0 Å². The normalized spacial score (nSPS) is 10.3. The van der Waals surface area contributed by atoms with Crippen LogP contribution in [0.25, 0.3) is 11.4 Å². The number of carbonyl (C=O) groups is 1. The minimum Gasteiger partial charge on any atom is -0.469 e. The Kier molecular flexibility index (Phi) is 2.20. The van der Waals surface area contributed by atoms with Gasteiger partial charge in [0.1, 0.15) is 5.76 Å². The summed E-state index contributed by atoms with van der Waals surface area (Å²) in [4.78, 5) is 16.5. The van der Waals surface area contributed by atoms with E-state index in [1.165, 1.54) is 13.2 Å². The topological polar surface area (TPSA) is 83.0 Å². The van der Waals surface area contributed by atoms with Crippen LogP contribution >= 0.6 is 0 Å². The zero-order valence-corrected chi connectivity index (χ0v) is 8.17. The van der Waals surface area contributed by atoms with Crippen LogP contribution in [0.1, 0.15) is 12.7 Å². The number of tetrazole rings is 1. The number of hydrogen-bond acceptors (Lipinski definition) is 6. The Labute approximate surface area is 84.6 Å². The molecule has 0 saturated carbocycles. The molecule has 78 valence electrons. The van der Waals surface area contributed by atoms with E-state index in [0.717, 1.165) is 4.85 Å². The number of nitrogens with zero attached hydrogens (tertiary/aromatic N) is 4. The van der Waals surface area contributed by atoms with Gasteiger partial charge in [-0.3, -0.25) is 0 Å². The van der Waals surface area contributed by atoms with Gasteiger partial charge in [-0.15, -0.1) is 5.10 Å². The molecule has 2 aromatic heterocycles. The van der Waals surface area contributed by atoms with Crippen molar-refractivity contribution in [2.24, 2.45) is 0 Å². The lowest BCUT2D eigenvalue weighted by atomic mass is 10.2. The molecule has 0 N–H and O–H groups in total. The van der Waals surface area contributed by atoms with Gasteiger partial charge >= 0.3 is 5.97 Å². The molecule has 0 aliphatic carbocycles. The molecule has 0 saturated heterocycles. The zero-order valence-electron chi connectivity index (χ0n) is 8.17. The zero-order chi connectivity index (χ0) is 10.8. The van der Waals surface area contributed by atoms with Gasteiger partial charge in [-0.1, -0.05) is 0 Å². The van der Waals surface area contributed by atoms with Crippen molar-refractivity contribution in [2.75, 3.05) is 0 Å². The maximum atomic E-state index is 10.8. The van der Waals surface area contributed by atoms with Crippen LogP contribution in [0.3, 0.4) is 0 Å². The first-order valence-electron chi connectivity index (χ1n) is 4.20. The molecular weight excluding hydrogens is 200 g/mol. The summed E-state index contributed by atoms with van der Waals surface area (Å²) in [5, 5.41) is 10.7. The van der Waals surface area contributed by atoms with Crippen LogP contribution in [0, 0.1) is 6.92 Å². The summed E-state index contributed by atoms with van der Waals surface area (Å²) in [6.45, 7) is 3.04. The molecule has 2 rings (SSSR count). The van der Waals surface area contributed by atoms with Crippen molar-refractivity contribution in [1.29, 1.82) is 0 Å². The van der Waals surface area contributed by atoms with Gasteiger partial charge in [0.05, 0.1) is 11.8 Å². The van der Waals surface area contributed by atoms with Crippen molar-refractivity contribution in [1.82, 2.24) is 20.4 Å². The Morgan fingerprint density at radius 3 is 3.00 bits per heavy atom. The molecule has 0 aliphatic heterocycles. The second-order valence-electron chi connectivity index (χ2n) is 2.85. The van der Waals surface area contributed by atoms with Gasteiger partial charge in [-0.05, 0) is 28.3 Å². The summed E-state index contributed by atoms with van der Waals surface area (Å²) in [5.41, 5.74) is 0.682. The monoisotopic (exact) mass is 208 g/mol. The number of aromatic nitrogens is 4. The van der Waals surface area contributed by atoms with Gasteiger partial charge in [0, 0.05) is 6.92 Å². The van der Waals surface area contributed by atoms with Crippen LogP contribution in [0.4, 0.5) is 0 Å². The molecule has 7 heteroatoms. The molecule has 2 heterocycles. The molecular formula is C8H8N4O3. The third-order valence-electron chi connectivity index (χ3n) is 1.76. The Morgan fingerprint density at radius 1 is 1.60 bits per heavy atom. The fraction of sp³-hybridized carbons (Fsp3) is 0.250. The maximum Gasteiger partial charge on any atom is 0.332 e. The Hall–Kier alpha value is -2.18. The van der Waals surface area contributed by atoms with Crippen LogP contribution < -0.4 is 4.84 Å². The lowest BCUT2D eigenvalue weighted by Crippen LogP contribution is -2.19. The quantitative estimate of drug-likeness (QED) is 0.656. The summed E-state index contributed by atoms with van der Waals surface area (Å²) in [6.07, 6.45) is 1.51. The van der Waals surface area contributed by atoms with Crippen LogP contribution in [-0.2, 0) is 4.79 Å². The SMILES string of the molecule is CC(=O)On1nnnc1-c1ccoc1C. The minimum atomic E-state index is -0.496. The van der Waals surface area contributed by atoms with Gasteiger partial charge in [-0.2, -0.15) is 0 Å². The van der Waals surface area contributed by atoms with E-state index in [0.29, 0.717) is 17.1 Å². The lowest BCUT2D eigenvalue weighted by molar-refractivity contribution is -0.143. The average molecular weight is 208 g/mol. The smallest absolute Gasteiger partial charge is 0.332 e. The van der Waals surface area contributed by atoms with Crippen LogP contribution in [-0.4, -0.2) is 26.3 Å². The van der Waals surface area contributed by atoms with Gasteiger partial charge < -0.3 is 9.25 Å². The maximum absolute atomic E-state index is 10.8. The Morgan fingerprint density at radius 2 is 2.40 bits per heavy atom. The number of aryl methyl sites for hydroxylation is 1. The van der Waals surface area contributed by atoms with E-state index < -0.39 is 5.97 Å². The summed E-state index contributed by atoms with van der Waals surface area (Å²) in [6, 6.07) is 1.70. The van der Waals surface area contributed by atoms with Crippen molar-refractivity contribution >= 4 is 5.97 Å². The summed E-state index contributed by atoms with van der Waals surface area (Å²) < 4.78 is 5.10. The number of carbonyl (C=O) groups excluding carboxylic acids is 1. The molecule has 0 atom stereocenters. The fourth-order valence-corrected chi connectivity index (χ4v) is 1.14. The molecule has 0 spiro atoms. The molecule has 0 unspecified atom stereocenters. The third kappa shape index (κ3) is 1.71. The van der Waals surface area contributed by atoms with Crippen LogP contribution in [0.5, 0.6) is 0 Å². The highest BCUT2D eigenvalue weighted by Gasteiger charge is 2.15. The van der Waals surface area contributed by atoms with Gasteiger partial charge in [0.2, 0.25) is 5.82 Å². The molecule has 0 bridgehead atoms. The molecule has 0 fully saturated rings. The molecule has 0 amide bonds. The first-order valence-corrected chi connectivity index (χ1v) is 4.20. The van der Waals surface area contributed by atoms with E-state index in [-0.39, 0.29) is 0 Å². The second-order valence-corrected chi connectivity index (χ2v) is 2.85. The van der Waals surface area contributed by atoms with Crippen molar-refractivity contribution in [3.05, 3.63) is 18.1 Å². The van der Waals surface area contributed by atoms with Gasteiger partial charge in [0.15, 0.2) is 0 Å². The molecule has 7 nitrogen and oxygen atoms in total. The molecule has 0 aliphatic rings. The Bertz CT molecular complexity index is 488. The van der Waals surface area contributed by atoms with Crippen molar-refractivity contribution in [2.45, 2.75) is 13.8 Å². The predicted molar refractivity (Wildman–Crippen MR) is 47.5 cm³/mol. The third-order valence-corrected chi connectivity index (χ3v) is 1.76. The highest BCUT2D eigenvalue weighted by atomic mass is 16.7. The minimum absolute atomic E-state index is 0.330. The van der Waals surface area contributed by atoms with Crippen LogP contribution in [0.15, 0.2) is 16.7 Å². The highest BCUT2D eigenvalue weighted by molar-refractivity contribution is 5.67.